The molecule has 18 heteroatoms. The fourth-order valence-corrected chi connectivity index (χ4v) is 7.67. The highest BCUT2D eigenvalue weighted by Crippen LogP contribution is 2.55. The van der Waals surface area contributed by atoms with Crippen LogP contribution in [-0.4, -0.2) is 65.0 Å². The number of sulfonamides is 1. The van der Waals surface area contributed by atoms with Crippen LogP contribution in [0, 0.1) is 6.92 Å². The summed E-state index contributed by atoms with van der Waals surface area (Å²) in [5.74, 6) is -2.54. The van der Waals surface area contributed by atoms with Gasteiger partial charge in [-0.3, -0.25) is 19.3 Å². The number of ether oxygens (including phenoxy) is 4. The molecule has 1 fully saturated rings. The summed E-state index contributed by atoms with van der Waals surface area (Å²) in [6.07, 6.45) is -7.71. The molecule has 53 heavy (non-hydrogen) atoms. The summed E-state index contributed by atoms with van der Waals surface area (Å²) in [6, 6.07) is 11.7. The molecule has 282 valence electrons. The first-order valence-corrected chi connectivity index (χ1v) is 17.5. The second kappa shape index (κ2) is 13.6. The van der Waals surface area contributed by atoms with Crippen molar-refractivity contribution >= 4 is 38.4 Å². The zero-order valence-electron chi connectivity index (χ0n) is 28.3. The van der Waals surface area contributed by atoms with Crippen LogP contribution in [0.5, 0.6) is 23.0 Å². The van der Waals surface area contributed by atoms with E-state index in [4.69, 9.17) is 18.9 Å². The van der Waals surface area contributed by atoms with Gasteiger partial charge in [0.15, 0.2) is 19.0 Å². The van der Waals surface area contributed by atoms with Gasteiger partial charge in [0.2, 0.25) is 15.9 Å². The van der Waals surface area contributed by atoms with E-state index in [9.17, 15) is 44.3 Å². The fraction of sp³-hybridized carbons (Fsp3) is 0.343. The van der Waals surface area contributed by atoms with Crippen molar-refractivity contribution in [3.63, 3.8) is 0 Å². The van der Waals surface area contributed by atoms with E-state index < -0.39 is 82.2 Å². The van der Waals surface area contributed by atoms with Crippen molar-refractivity contribution in [3.05, 3.63) is 82.5 Å². The number of nitrogens with one attached hydrogen (secondary N) is 1. The lowest BCUT2D eigenvalue weighted by molar-refractivity contribution is -0.154. The molecule has 1 N–H and O–H groups in total. The number of hydrogen-bond donors (Lipinski definition) is 1. The largest absolute Gasteiger partial charge is 0.496 e. The number of nitrogens with zero attached hydrogens (tertiary/aromatic N) is 2. The van der Waals surface area contributed by atoms with Crippen molar-refractivity contribution in [3.8, 4) is 23.0 Å². The molecule has 0 spiro atoms. The Bertz CT molecular complexity index is 2200. The van der Waals surface area contributed by atoms with Crippen molar-refractivity contribution in [2.45, 2.75) is 49.8 Å². The van der Waals surface area contributed by atoms with Crippen LogP contribution in [0.3, 0.4) is 0 Å². The molecule has 11 nitrogen and oxygen atoms in total. The van der Waals surface area contributed by atoms with Gasteiger partial charge < -0.3 is 23.8 Å². The van der Waals surface area contributed by atoms with Crippen molar-refractivity contribution in [2.24, 2.45) is 0 Å². The molecule has 0 bridgehead atoms. The minimum Gasteiger partial charge on any atom is -0.496 e. The minimum absolute atomic E-state index is 0.148. The molecule has 2 heterocycles. The maximum atomic E-state index is 13.9. The van der Waals surface area contributed by atoms with E-state index in [-0.39, 0.29) is 27.7 Å². The number of pyridine rings is 1. The summed E-state index contributed by atoms with van der Waals surface area (Å²) < 4.78 is 129. The smallest absolute Gasteiger partial charge is 0.422 e. The Morgan fingerprint density at radius 3 is 2.11 bits per heavy atom. The Balaban J connectivity index is 1.29. The highest BCUT2D eigenvalue weighted by molar-refractivity contribution is 7.89. The quantitative estimate of drug-likeness (QED) is 0.166. The summed E-state index contributed by atoms with van der Waals surface area (Å²) >= 11 is 0. The minimum atomic E-state index is -4.82. The highest BCUT2D eigenvalue weighted by atomic mass is 32.2. The number of carbonyl (C=O) groups excluding carboxylic acids is 2. The molecule has 3 aromatic carbocycles. The van der Waals surface area contributed by atoms with Gasteiger partial charge in [0.25, 0.3) is 5.91 Å². The van der Waals surface area contributed by atoms with Crippen molar-refractivity contribution in [2.75, 3.05) is 32.3 Å². The maximum Gasteiger partial charge on any atom is 0.422 e. The third kappa shape index (κ3) is 7.49. The molecule has 0 radical (unpaired) electrons. The first-order chi connectivity index (χ1) is 24.9. The zero-order chi connectivity index (χ0) is 38.5. The highest BCUT2D eigenvalue weighted by Gasteiger charge is 2.55. The molecule has 0 saturated heterocycles. The van der Waals surface area contributed by atoms with Crippen molar-refractivity contribution < 1.29 is 63.3 Å². The standard InChI is InChI=1S/C35H31F6N3O8S/c1-19-14-21(10-9-20(19)16-53(47,48)43-32(46)33(11-12-33)27-24(49-2)7-4-8-25(27)50-3)44-15-23-26(31(44)45)29(51-17-34(36,37)38)22-6-5-13-42-28(22)30(23)52-18-35(39,40)41/h4-10,13-14H,11-12,15-18H2,1-3H3,(H,43,46). The molecule has 0 atom stereocenters. The number of aryl methyl sites for hydroxylation is 1. The van der Waals surface area contributed by atoms with Gasteiger partial charge in [0.05, 0.1) is 43.1 Å². The first-order valence-electron chi connectivity index (χ1n) is 15.9. The van der Waals surface area contributed by atoms with Crippen LogP contribution in [0.15, 0.2) is 54.7 Å². The van der Waals surface area contributed by atoms with E-state index >= 15 is 0 Å². The Morgan fingerprint density at radius 1 is 0.925 bits per heavy atom. The molecule has 4 aromatic rings. The molecule has 2 amide bonds. The van der Waals surface area contributed by atoms with Gasteiger partial charge in [0, 0.05) is 22.8 Å². The van der Waals surface area contributed by atoms with E-state index in [1.54, 1.807) is 25.1 Å². The second-order valence-electron chi connectivity index (χ2n) is 12.5. The molecule has 2 aliphatic rings. The number of fused-ring (bicyclic) bond motifs is 2. The Labute approximate surface area is 298 Å². The molecule has 6 rings (SSSR count). The molecular weight excluding hydrogens is 736 g/mol. The summed E-state index contributed by atoms with van der Waals surface area (Å²) in [5, 5.41) is -0.168. The molecule has 1 saturated carbocycles. The number of alkyl halides is 6. The average Bonchev–Trinajstić information content (AvgIpc) is 3.83. The summed E-state index contributed by atoms with van der Waals surface area (Å²) in [7, 11) is -1.45. The van der Waals surface area contributed by atoms with Gasteiger partial charge in [-0.1, -0.05) is 12.1 Å². The predicted molar refractivity (Wildman–Crippen MR) is 178 cm³/mol. The van der Waals surface area contributed by atoms with Crippen LogP contribution in [0.25, 0.3) is 10.9 Å². The lowest BCUT2D eigenvalue weighted by atomic mass is 9.93. The average molecular weight is 768 g/mol. The van der Waals surface area contributed by atoms with E-state index in [0.29, 0.717) is 35.5 Å². The normalized spacial score (nSPS) is 15.3. The van der Waals surface area contributed by atoms with Gasteiger partial charge in [-0.05, 0) is 67.3 Å². The summed E-state index contributed by atoms with van der Waals surface area (Å²) in [4.78, 5) is 32.5. The number of anilines is 1. The SMILES string of the molecule is COc1cccc(OC)c1C1(C(=O)NS(=O)(=O)Cc2ccc(N3Cc4c(c(OCC(F)(F)F)c5cccnc5c4OCC(F)(F)F)C3=O)cc2C)CC1. The monoisotopic (exact) mass is 767 g/mol. The van der Waals surface area contributed by atoms with Gasteiger partial charge >= 0.3 is 12.4 Å². The second-order valence-corrected chi connectivity index (χ2v) is 14.3. The van der Waals surface area contributed by atoms with Crippen molar-refractivity contribution in [1.82, 2.24) is 9.71 Å². The summed E-state index contributed by atoms with van der Waals surface area (Å²) in [6.45, 7) is -2.46. The number of carbonyl (C=O) groups is 2. The predicted octanol–water partition coefficient (Wildman–Crippen LogP) is 6.28. The van der Waals surface area contributed by atoms with Gasteiger partial charge in [0.1, 0.15) is 22.8 Å². The van der Waals surface area contributed by atoms with Gasteiger partial charge in [-0.25, -0.2) is 8.42 Å². The Kier molecular flexibility index (Phi) is 9.63. The zero-order valence-corrected chi connectivity index (χ0v) is 29.1. The van der Waals surface area contributed by atoms with E-state index in [1.807, 2.05) is 0 Å². The van der Waals surface area contributed by atoms with Crippen LogP contribution < -0.4 is 28.6 Å². The van der Waals surface area contributed by atoms with Crippen LogP contribution in [0.1, 0.15) is 45.5 Å². The molecule has 1 aliphatic heterocycles. The third-order valence-corrected chi connectivity index (χ3v) is 10.1. The summed E-state index contributed by atoms with van der Waals surface area (Å²) in [5.41, 5.74) is -0.859. The van der Waals surface area contributed by atoms with Gasteiger partial charge in [-0.2, -0.15) is 26.3 Å². The maximum absolute atomic E-state index is 13.9. The van der Waals surface area contributed by atoms with Crippen LogP contribution in [-0.2, 0) is 32.5 Å². The van der Waals surface area contributed by atoms with Crippen molar-refractivity contribution in [1.29, 1.82) is 0 Å². The number of halogens is 6. The van der Waals surface area contributed by atoms with E-state index in [1.165, 1.54) is 50.7 Å². The third-order valence-electron chi connectivity index (χ3n) is 8.93. The molecular formula is C35H31F6N3O8S. The van der Waals surface area contributed by atoms with Crippen LogP contribution in [0.4, 0.5) is 32.0 Å². The number of aromatic nitrogens is 1. The van der Waals surface area contributed by atoms with E-state index in [0.717, 1.165) is 4.90 Å². The molecule has 0 unspecified atom stereocenters. The number of hydrogen-bond acceptors (Lipinski definition) is 9. The lowest BCUT2D eigenvalue weighted by Crippen LogP contribution is -2.39. The number of amides is 2. The number of benzene rings is 3. The van der Waals surface area contributed by atoms with Gasteiger partial charge in [-0.15, -0.1) is 0 Å². The lowest BCUT2D eigenvalue weighted by Gasteiger charge is -2.21. The number of methoxy groups -OCH3 is 2. The molecule has 1 aromatic heterocycles. The Hall–Kier alpha value is -5.26. The fourth-order valence-electron chi connectivity index (χ4n) is 6.39. The molecule has 1 aliphatic carbocycles. The Morgan fingerprint density at radius 2 is 1.55 bits per heavy atom. The van der Waals surface area contributed by atoms with Crippen LogP contribution in [0.2, 0.25) is 0 Å². The van der Waals surface area contributed by atoms with E-state index in [2.05, 4.69) is 9.71 Å². The number of rotatable bonds is 12. The first kappa shape index (κ1) is 37.5. The topological polar surface area (TPSA) is 133 Å². The van der Waals surface area contributed by atoms with Crippen LogP contribution >= 0.6 is 0 Å².